The third-order valence-corrected chi connectivity index (χ3v) is 12.4. The van der Waals surface area contributed by atoms with Crippen LogP contribution in [0.15, 0.2) is 76.2 Å². The molecule has 3 fully saturated rings. The van der Waals surface area contributed by atoms with E-state index in [1.807, 2.05) is 53.4 Å². The zero-order valence-corrected chi connectivity index (χ0v) is 31.7. The Kier molecular flexibility index (Phi) is 11.2. The molecule has 54 heavy (non-hydrogen) atoms. The van der Waals surface area contributed by atoms with Crippen molar-refractivity contribution in [3.05, 3.63) is 93.2 Å². The van der Waals surface area contributed by atoms with E-state index in [2.05, 4.69) is 30.6 Å². The first-order valence-corrected chi connectivity index (χ1v) is 19.2. The van der Waals surface area contributed by atoms with Crippen LogP contribution in [-0.4, -0.2) is 102 Å². The van der Waals surface area contributed by atoms with Crippen molar-refractivity contribution in [3.63, 3.8) is 0 Å². The number of nitrogens with zero attached hydrogens (tertiary/aromatic N) is 7. The lowest BCUT2D eigenvalue weighted by Crippen LogP contribution is -2.57. The van der Waals surface area contributed by atoms with Crippen LogP contribution in [0.5, 0.6) is 5.75 Å². The first-order chi connectivity index (χ1) is 26.1. The quantitative estimate of drug-likeness (QED) is 0.237. The van der Waals surface area contributed by atoms with Crippen molar-refractivity contribution in [2.75, 3.05) is 52.9 Å². The molecule has 0 radical (unpaired) electrons. The Morgan fingerprint density at radius 2 is 1.74 bits per heavy atom. The van der Waals surface area contributed by atoms with Crippen LogP contribution in [0, 0.1) is 5.92 Å². The Balaban J connectivity index is 1.07. The summed E-state index contributed by atoms with van der Waals surface area (Å²) in [5, 5.41) is 25.5. The van der Waals surface area contributed by atoms with Crippen LogP contribution in [0.25, 0.3) is 0 Å². The summed E-state index contributed by atoms with van der Waals surface area (Å²) in [6, 6.07) is 16.5. The molecule has 2 atom stereocenters. The zero-order chi connectivity index (χ0) is 37.9. The number of methoxy groups -OCH3 is 1. The molecule has 284 valence electrons. The minimum Gasteiger partial charge on any atom is -0.496 e. The van der Waals surface area contributed by atoms with Gasteiger partial charge in [-0.2, -0.15) is 5.11 Å². The number of ether oxygens (including phenoxy) is 1. The molecule has 15 heteroatoms. The number of aliphatic carboxylic acids is 1. The number of hydrogen-bond acceptors (Lipinski definition) is 9. The van der Waals surface area contributed by atoms with Gasteiger partial charge in [0.2, 0.25) is 0 Å². The van der Waals surface area contributed by atoms with Crippen molar-refractivity contribution < 1.29 is 24.2 Å². The van der Waals surface area contributed by atoms with E-state index in [1.54, 1.807) is 30.5 Å². The third kappa shape index (κ3) is 7.80. The van der Waals surface area contributed by atoms with Crippen LogP contribution in [-0.2, 0) is 15.7 Å². The number of urea groups is 1. The predicted octanol–water partition coefficient (Wildman–Crippen LogP) is 6.56. The molecule has 0 spiro atoms. The molecule has 3 saturated heterocycles. The predicted molar refractivity (Wildman–Crippen MR) is 204 cm³/mol. The molecule has 0 aliphatic carbocycles. The van der Waals surface area contributed by atoms with E-state index in [9.17, 15) is 19.5 Å². The van der Waals surface area contributed by atoms with Gasteiger partial charge in [-0.15, -0.1) is 5.10 Å². The van der Waals surface area contributed by atoms with Crippen molar-refractivity contribution in [2.45, 2.75) is 55.5 Å². The minimum atomic E-state index is -0.806. The molecule has 2 N–H and O–H groups in total. The van der Waals surface area contributed by atoms with Crippen LogP contribution < -0.4 is 10.1 Å². The van der Waals surface area contributed by atoms with Gasteiger partial charge in [0.25, 0.3) is 5.91 Å². The molecule has 3 amide bonds. The summed E-state index contributed by atoms with van der Waals surface area (Å²) in [5.41, 5.74) is 2.09. The summed E-state index contributed by atoms with van der Waals surface area (Å²) in [4.78, 5) is 50.1. The first kappa shape index (κ1) is 37.7. The minimum absolute atomic E-state index is 0.122. The summed E-state index contributed by atoms with van der Waals surface area (Å²) in [5.74, 6) is -0.856. The van der Waals surface area contributed by atoms with E-state index in [0.29, 0.717) is 73.2 Å². The Morgan fingerprint density at radius 3 is 2.41 bits per heavy atom. The number of amides is 3. The van der Waals surface area contributed by atoms with Crippen LogP contribution in [0.2, 0.25) is 10.0 Å². The highest BCUT2D eigenvalue weighted by Gasteiger charge is 2.44. The number of halogens is 2. The summed E-state index contributed by atoms with van der Waals surface area (Å²) in [7, 11) is 1.56. The summed E-state index contributed by atoms with van der Waals surface area (Å²) >= 11 is 13.0. The van der Waals surface area contributed by atoms with E-state index in [1.165, 1.54) is 0 Å². The van der Waals surface area contributed by atoms with Gasteiger partial charge < -0.3 is 29.9 Å². The van der Waals surface area contributed by atoms with E-state index in [-0.39, 0.29) is 23.4 Å². The molecule has 3 aromatic rings. The number of carboxylic acid groups (broad SMARTS) is 1. The Hall–Kier alpha value is -4.59. The molecule has 5 heterocycles. The largest absolute Gasteiger partial charge is 0.496 e. The average molecular weight is 776 g/mol. The van der Waals surface area contributed by atoms with Crippen LogP contribution >= 0.6 is 23.2 Å². The molecule has 13 nitrogen and oxygen atoms in total. The molecule has 4 aliphatic rings. The lowest BCUT2D eigenvalue weighted by Gasteiger charge is -2.44. The first-order valence-electron chi connectivity index (χ1n) is 18.4. The number of piperidine rings is 2. The second-order valence-electron chi connectivity index (χ2n) is 14.7. The maximum atomic E-state index is 14.2. The molecular weight excluding hydrogens is 731 g/mol. The lowest BCUT2D eigenvalue weighted by atomic mass is 9.76. The van der Waals surface area contributed by atoms with Crippen LogP contribution in [0.4, 0.5) is 4.79 Å². The molecule has 0 saturated carbocycles. The lowest BCUT2D eigenvalue weighted by molar-refractivity contribution is -0.143. The number of benzene rings is 2. The third-order valence-electron chi connectivity index (χ3n) is 11.7. The standard InChI is InChI=1S/C39H44Cl2N8O5/c1-54-33-8-5-27(32-24-43-46-45-32)22-29(33)35(50)49-21-12-38(25-49,28-6-7-30(40)31(41)23-28)11-18-47-19-13-39(14-20-47,34-4-2-3-15-42-34)44-37(53)48-16-9-26(10-17-48)36(51)52/h2-8,15,22-24,26,32H,9-14,16-21,25H2,1H3,(H,44,53)(H,51,52). The second kappa shape index (κ2) is 16.0. The van der Waals surface area contributed by atoms with Gasteiger partial charge in [-0.3, -0.25) is 14.6 Å². The average Bonchev–Trinajstić information content (AvgIpc) is 3.91. The maximum Gasteiger partial charge on any atom is 0.318 e. The topological polar surface area (TPSA) is 152 Å². The van der Waals surface area contributed by atoms with Gasteiger partial charge in [-0.25, -0.2) is 4.79 Å². The molecule has 0 bridgehead atoms. The van der Waals surface area contributed by atoms with E-state index >= 15 is 0 Å². The second-order valence-corrected chi connectivity index (χ2v) is 15.5. The summed E-state index contributed by atoms with van der Waals surface area (Å²) < 4.78 is 5.63. The van der Waals surface area contributed by atoms with Crippen molar-refractivity contribution in [1.29, 1.82) is 0 Å². The molecular formula is C39H44Cl2N8O5. The Bertz CT molecular complexity index is 1920. The molecule has 7 rings (SSSR count). The smallest absolute Gasteiger partial charge is 0.318 e. The Labute approximate surface area is 324 Å². The summed E-state index contributed by atoms with van der Waals surface area (Å²) in [6.45, 7) is 4.07. The van der Waals surface area contributed by atoms with Gasteiger partial charge in [0.1, 0.15) is 11.8 Å². The van der Waals surface area contributed by atoms with Crippen molar-refractivity contribution >= 4 is 47.3 Å². The SMILES string of the molecule is COc1ccc(C2C=NN=N2)cc1C(=O)N1CCC(CCN2CCC(NC(=O)N3CCC(C(=O)O)CC3)(c3ccccn3)CC2)(c2ccc(Cl)c(Cl)c2)C1. The highest BCUT2D eigenvalue weighted by atomic mass is 35.5. The van der Waals surface area contributed by atoms with Gasteiger partial charge in [-0.05, 0) is 97.8 Å². The molecule has 4 aliphatic heterocycles. The zero-order valence-electron chi connectivity index (χ0n) is 30.2. The van der Waals surface area contributed by atoms with Gasteiger partial charge >= 0.3 is 12.0 Å². The fourth-order valence-corrected chi connectivity index (χ4v) is 8.60. The Morgan fingerprint density at radius 1 is 0.944 bits per heavy atom. The number of aromatic nitrogens is 1. The number of carbonyl (C=O) groups is 3. The number of carbonyl (C=O) groups excluding carboxylic acids is 2. The molecule has 1 aromatic heterocycles. The summed E-state index contributed by atoms with van der Waals surface area (Å²) in [6.07, 6.45) is 7.11. The van der Waals surface area contributed by atoms with Crippen LogP contribution in [0.3, 0.4) is 0 Å². The monoisotopic (exact) mass is 774 g/mol. The maximum absolute atomic E-state index is 14.2. The highest BCUT2D eigenvalue weighted by molar-refractivity contribution is 6.42. The number of pyridine rings is 1. The van der Waals surface area contributed by atoms with Crippen molar-refractivity contribution in [2.24, 2.45) is 21.4 Å². The van der Waals surface area contributed by atoms with Gasteiger partial charge in [-0.1, -0.05) is 41.4 Å². The van der Waals surface area contributed by atoms with Crippen LogP contribution in [0.1, 0.15) is 71.7 Å². The fraction of sp³-hybridized carbons (Fsp3) is 0.462. The number of likely N-dealkylation sites (tertiary alicyclic amines) is 3. The van der Waals surface area contributed by atoms with E-state index < -0.39 is 17.4 Å². The normalized spacial score (nSPS) is 22.8. The number of carboxylic acids is 1. The van der Waals surface area contributed by atoms with E-state index in [4.69, 9.17) is 27.9 Å². The highest BCUT2D eigenvalue weighted by Crippen LogP contribution is 2.42. The van der Waals surface area contributed by atoms with E-state index in [0.717, 1.165) is 49.3 Å². The van der Waals surface area contributed by atoms with Gasteiger partial charge in [0, 0.05) is 50.9 Å². The van der Waals surface area contributed by atoms with Crippen molar-refractivity contribution in [3.8, 4) is 5.75 Å². The number of nitrogens with one attached hydrogen (secondary N) is 1. The number of rotatable bonds is 10. The number of hydrogen-bond donors (Lipinski definition) is 2. The molecule has 2 unspecified atom stereocenters. The van der Waals surface area contributed by atoms with Gasteiger partial charge in [0.05, 0.1) is 46.1 Å². The van der Waals surface area contributed by atoms with Gasteiger partial charge in [0.15, 0.2) is 0 Å². The van der Waals surface area contributed by atoms with Crippen molar-refractivity contribution in [1.82, 2.24) is 25.0 Å². The fourth-order valence-electron chi connectivity index (χ4n) is 8.30. The molecule has 2 aromatic carbocycles.